The van der Waals surface area contributed by atoms with E-state index in [4.69, 9.17) is 14.2 Å². The number of rotatable bonds is 3. The molecule has 0 aliphatic carbocycles. The van der Waals surface area contributed by atoms with Gasteiger partial charge in [0.15, 0.2) is 11.5 Å². The molecule has 0 bridgehead atoms. The molecule has 0 saturated heterocycles. The Morgan fingerprint density at radius 2 is 1.65 bits per heavy atom. The number of fused-ring (bicyclic) bond motifs is 1. The first-order valence-electron chi connectivity index (χ1n) is 6.46. The Morgan fingerprint density at radius 3 is 2.35 bits per heavy atom. The Labute approximate surface area is 118 Å². The van der Waals surface area contributed by atoms with Crippen LogP contribution in [0.5, 0.6) is 11.5 Å². The second-order valence-corrected chi connectivity index (χ2v) is 4.57. The van der Waals surface area contributed by atoms with E-state index in [0.29, 0.717) is 6.61 Å². The minimum atomic E-state index is 0.538. The van der Waals surface area contributed by atoms with Gasteiger partial charge in [0.05, 0.1) is 14.2 Å². The molecule has 1 heterocycles. The second-order valence-electron chi connectivity index (χ2n) is 4.57. The lowest BCUT2D eigenvalue weighted by Gasteiger charge is -2.20. The van der Waals surface area contributed by atoms with E-state index < -0.39 is 0 Å². The molecule has 20 heavy (non-hydrogen) atoms. The van der Waals surface area contributed by atoms with Crippen molar-refractivity contribution in [3.8, 4) is 11.5 Å². The van der Waals surface area contributed by atoms with Crippen LogP contribution in [0.25, 0.3) is 11.8 Å². The van der Waals surface area contributed by atoms with Crippen LogP contribution in [0.15, 0.2) is 42.5 Å². The zero-order valence-electron chi connectivity index (χ0n) is 11.6. The number of hydrogen-bond acceptors (Lipinski definition) is 3. The van der Waals surface area contributed by atoms with E-state index in [1.807, 2.05) is 48.5 Å². The highest BCUT2D eigenvalue weighted by Crippen LogP contribution is 2.36. The average Bonchev–Trinajstić information content (AvgIpc) is 2.53. The van der Waals surface area contributed by atoms with Gasteiger partial charge >= 0.3 is 0 Å². The van der Waals surface area contributed by atoms with Crippen molar-refractivity contribution < 1.29 is 14.2 Å². The first-order chi connectivity index (χ1) is 9.81. The molecular weight excluding hydrogens is 252 g/mol. The van der Waals surface area contributed by atoms with Crippen molar-refractivity contribution in [2.45, 2.75) is 6.61 Å². The maximum atomic E-state index is 5.83. The van der Waals surface area contributed by atoms with E-state index in [2.05, 4.69) is 0 Å². The van der Waals surface area contributed by atoms with Crippen LogP contribution in [-0.4, -0.2) is 14.2 Å². The molecule has 0 N–H and O–H groups in total. The summed E-state index contributed by atoms with van der Waals surface area (Å²) in [6.07, 6.45) is 2.04. The molecule has 2 aromatic rings. The van der Waals surface area contributed by atoms with Gasteiger partial charge < -0.3 is 14.2 Å². The summed E-state index contributed by atoms with van der Waals surface area (Å²) in [7, 11) is 3.28. The van der Waals surface area contributed by atoms with E-state index in [1.165, 1.54) is 0 Å². The maximum Gasteiger partial charge on any atom is 0.161 e. The first kappa shape index (κ1) is 12.6. The molecule has 0 fully saturated rings. The fourth-order valence-corrected chi connectivity index (χ4v) is 2.30. The van der Waals surface area contributed by atoms with Crippen LogP contribution >= 0.6 is 0 Å². The van der Waals surface area contributed by atoms with Crippen molar-refractivity contribution in [3.63, 3.8) is 0 Å². The summed E-state index contributed by atoms with van der Waals surface area (Å²) in [5.41, 5.74) is 3.28. The molecule has 0 aromatic heterocycles. The molecule has 0 atom stereocenters. The number of ether oxygens (including phenoxy) is 3. The Balaban J connectivity index is 2.04. The van der Waals surface area contributed by atoms with Gasteiger partial charge in [-0.25, -0.2) is 0 Å². The zero-order chi connectivity index (χ0) is 13.9. The van der Waals surface area contributed by atoms with E-state index >= 15 is 0 Å². The molecule has 0 spiro atoms. The van der Waals surface area contributed by atoms with E-state index in [0.717, 1.165) is 33.9 Å². The Kier molecular flexibility index (Phi) is 3.33. The fraction of sp³-hybridized carbons (Fsp3) is 0.176. The van der Waals surface area contributed by atoms with Gasteiger partial charge in [0.25, 0.3) is 0 Å². The van der Waals surface area contributed by atoms with Gasteiger partial charge in [0.2, 0.25) is 0 Å². The predicted molar refractivity (Wildman–Crippen MR) is 78.6 cm³/mol. The summed E-state index contributed by atoms with van der Waals surface area (Å²) < 4.78 is 16.5. The molecule has 3 heteroatoms. The molecule has 0 unspecified atom stereocenters. The molecule has 1 aliphatic heterocycles. The highest BCUT2D eigenvalue weighted by atomic mass is 16.5. The summed E-state index contributed by atoms with van der Waals surface area (Å²) in [6, 6.07) is 14.0. The van der Waals surface area contributed by atoms with E-state index in [1.54, 1.807) is 14.2 Å². The van der Waals surface area contributed by atoms with Gasteiger partial charge in [-0.15, -0.1) is 0 Å². The second kappa shape index (κ2) is 5.29. The minimum absolute atomic E-state index is 0.538. The summed E-state index contributed by atoms with van der Waals surface area (Å²) in [4.78, 5) is 0. The van der Waals surface area contributed by atoms with Crippen molar-refractivity contribution >= 4 is 11.8 Å². The standard InChI is InChI=1S/C17H16O3/c1-18-16-9-13-8-15(12-6-4-3-5-7-12)20-11-14(13)10-17(16)19-2/h3-10H,11H2,1-2H3. The summed E-state index contributed by atoms with van der Waals surface area (Å²) in [5, 5.41) is 0. The highest BCUT2D eigenvalue weighted by Gasteiger charge is 2.16. The highest BCUT2D eigenvalue weighted by molar-refractivity contribution is 5.80. The van der Waals surface area contributed by atoms with E-state index in [-0.39, 0.29) is 0 Å². The van der Waals surface area contributed by atoms with Crippen molar-refractivity contribution in [1.29, 1.82) is 0 Å². The average molecular weight is 268 g/mol. The largest absolute Gasteiger partial charge is 0.493 e. The lowest BCUT2D eigenvalue weighted by Crippen LogP contribution is -2.03. The minimum Gasteiger partial charge on any atom is -0.493 e. The van der Waals surface area contributed by atoms with Crippen LogP contribution in [0.2, 0.25) is 0 Å². The lowest BCUT2D eigenvalue weighted by atomic mass is 10.0. The Hall–Kier alpha value is -2.42. The van der Waals surface area contributed by atoms with Gasteiger partial charge in [-0.2, -0.15) is 0 Å². The Bertz CT molecular complexity index is 645. The van der Waals surface area contributed by atoms with Crippen molar-refractivity contribution in [1.82, 2.24) is 0 Å². The van der Waals surface area contributed by atoms with Gasteiger partial charge in [-0.05, 0) is 23.8 Å². The quantitative estimate of drug-likeness (QED) is 0.849. The van der Waals surface area contributed by atoms with Crippen LogP contribution in [0.1, 0.15) is 16.7 Å². The van der Waals surface area contributed by atoms with Crippen LogP contribution in [0.3, 0.4) is 0 Å². The molecule has 102 valence electrons. The van der Waals surface area contributed by atoms with Crippen LogP contribution in [0, 0.1) is 0 Å². The smallest absolute Gasteiger partial charge is 0.161 e. The molecule has 3 rings (SSSR count). The topological polar surface area (TPSA) is 27.7 Å². The predicted octanol–water partition coefficient (Wildman–Crippen LogP) is 3.73. The van der Waals surface area contributed by atoms with Crippen LogP contribution in [0.4, 0.5) is 0 Å². The van der Waals surface area contributed by atoms with E-state index in [9.17, 15) is 0 Å². The third kappa shape index (κ3) is 2.23. The third-order valence-corrected chi connectivity index (χ3v) is 3.37. The van der Waals surface area contributed by atoms with Gasteiger partial charge in [0.1, 0.15) is 12.4 Å². The lowest BCUT2D eigenvalue weighted by molar-refractivity contribution is 0.261. The molecule has 0 saturated carbocycles. The van der Waals surface area contributed by atoms with Crippen molar-refractivity contribution in [3.05, 3.63) is 59.2 Å². The van der Waals surface area contributed by atoms with Crippen LogP contribution in [-0.2, 0) is 11.3 Å². The molecule has 1 aliphatic rings. The molecule has 3 nitrogen and oxygen atoms in total. The van der Waals surface area contributed by atoms with Crippen molar-refractivity contribution in [2.24, 2.45) is 0 Å². The fourth-order valence-electron chi connectivity index (χ4n) is 2.30. The number of benzene rings is 2. The van der Waals surface area contributed by atoms with Crippen LogP contribution < -0.4 is 9.47 Å². The first-order valence-corrected chi connectivity index (χ1v) is 6.46. The molecular formula is C17H16O3. The summed E-state index contributed by atoms with van der Waals surface area (Å²) in [5.74, 6) is 2.34. The third-order valence-electron chi connectivity index (χ3n) is 3.37. The molecule has 0 radical (unpaired) electrons. The number of hydrogen-bond donors (Lipinski definition) is 0. The zero-order valence-corrected chi connectivity index (χ0v) is 11.6. The Morgan fingerprint density at radius 1 is 0.950 bits per heavy atom. The SMILES string of the molecule is COc1cc2c(cc1OC)COC(c1ccccc1)=C2. The maximum absolute atomic E-state index is 5.83. The molecule has 0 amide bonds. The van der Waals surface area contributed by atoms with Gasteiger partial charge in [0, 0.05) is 11.1 Å². The summed E-state index contributed by atoms with van der Waals surface area (Å²) in [6.45, 7) is 0.538. The summed E-state index contributed by atoms with van der Waals surface area (Å²) >= 11 is 0. The molecule has 2 aromatic carbocycles. The monoisotopic (exact) mass is 268 g/mol. The van der Waals surface area contributed by atoms with Crippen molar-refractivity contribution in [2.75, 3.05) is 14.2 Å². The van der Waals surface area contributed by atoms with Gasteiger partial charge in [-0.3, -0.25) is 0 Å². The number of methoxy groups -OCH3 is 2. The van der Waals surface area contributed by atoms with Gasteiger partial charge in [-0.1, -0.05) is 30.3 Å². The normalized spacial score (nSPS) is 13.0.